The van der Waals surface area contributed by atoms with E-state index in [9.17, 15) is 0 Å². The van der Waals surface area contributed by atoms with Gasteiger partial charge in [0, 0.05) is 0 Å². The standard InChI is InChI=1S/C17H20BNO/c1-11-9-13(3)16(14(4)10-11)18-19(5)17-12(2)7-6-8-15(17)20-18/h6-10H,1-5H3. The molecule has 0 saturated carbocycles. The summed E-state index contributed by atoms with van der Waals surface area (Å²) in [7, 11) is 2.09. The zero-order chi connectivity index (χ0) is 14.4. The van der Waals surface area contributed by atoms with Crippen molar-refractivity contribution in [3.05, 3.63) is 52.6 Å². The molecule has 0 saturated heterocycles. The summed E-state index contributed by atoms with van der Waals surface area (Å²) in [6, 6.07) is 10.7. The SMILES string of the molecule is Cc1cc(C)c(B2Oc3cccc(C)c3N2C)c(C)c1. The number of benzene rings is 2. The molecule has 2 aromatic carbocycles. The minimum Gasteiger partial charge on any atom is -0.536 e. The first kappa shape index (κ1) is 13.1. The van der Waals surface area contributed by atoms with Crippen LogP contribution in [0, 0.1) is 27.7 Å². The second-order valence-electron chi connectivity index (χ2n) is 5.82. The van der Waals surface area contributed by atoms with Gasteiger partial charge in [0.15, 0.2) is 0 Å². The molecule has 1 aliphatic rings. The lowest BCUT2D eigenvalue weighted by Gasteiger charge is -2.21. The second kappa shape index (κ2) is 4.59. The van der Waals surface area contributed by atoms with Crippen LogP contribution in [0.2, 0.25) is 0 Å². The van der Waals surface area contributed by atoms with Crippen molar-refractivity contribution in [1.82, 2.24) is 0 Å². The van der Waals surface area contributed by atoms with Crippen molar-refractivity contribution in [3.63, 3.8) is 0 Å². The van der Waals surface area contributed by atoms with Gasteiger partial charge in [-0.15, -0.1) is 0 Å². The minimum atomic E-state index is -0.0216. The lowest BCUT2D eigenvalue weighted by Crippen LogP contribution is -2.49. The zero-order valence-corrected chi connectivity index (χ0v) is 12.8. The van der Waals surface area contributed by atoms with E-state index in [0.29, 0.717) is 0 Å². The molecular formula is C17H20BNO. The molecule has 0 radical (unpaired) electrons. The highest BCUT2D eigenvalue weighted by Gasteiger charge is 2.38. The van der Waals surface area contributed by atoms with E-state index in [2.05, 4.69) is 69.9 Å². The molecule has 3 rings (SSSR count). The van der Waals surface area contributed by atoms with Crippen LogP contribution in [0.5, 0.6) is 5.75 Å². The Morgan fingerprint density at radius 3 is 2.20 bits per heavy atom. The molecule has 20 heavy (non-hydrogen) atoms. The summed E-state index contributed by atoms with van der Waals surface area (Å²) in [5.41, 5.74) is 7.65. The van der Waals surface area contributed by atoms with E-state index >= 15 is 0 Å². The molecule has 102 valence electrons. The number of nitrogens with zero attached hydrogens (tertiary/aromatic N) is 1. The maximum absolute atomic E-state index is 6.21. The summed E-state index contributed by atoms with van der Waals surface area (Å²) in [5.74, 6) is 0.983. The van der Waals surface area contributed by atoms with E-state index in [-0.39, 0.29) is 7.05 Å². The molecule has 2 aromatic rings. The van der Waals surface area contributed by atoms with Crippen LogP contribution in [-0.2, 0) is 0 Å². The van der Waals surface area contributed by atoms with E-state index in [1.807, 2.05) is 0 Å². The largest absolute Gasteiger partial charge is 0.536 e. The first-order valence-electron chi connectivity index (χ1n) is 7.06. The van der Waals surface area contributed by atoms with Crippen LogP contribution in [0.3, 0.4) is 0 Å². The third-order valence-corrected chi connectivity index (χ3v) is 4.13. The third-order valence-electron chi connectivity index (χ3n) is 4.13. The molecule has 0 unspecified atom stereocenters. The number of rotatable bonds is 1. The van der Waals surface area contributed by atoms with E-state index in [1.165, 1.54) is 33.4 Å². The molecule has 0 N–H and O–H groups in total. The monoisotopic (exact) mass is 265 g/mol. The summed E-state index contributed by atoms with van der Waals surface area (Å²) in [4.78, 5) is 2.25. The molecule has 0 fully saturated rings. The Bertz CT molecular complexity index is 658. The summed E-state index contributed by atoms with van der Waals surface area (Å²) in [6.45, 7) is 8.61. The van der Waals surface area contributed by atoms with Gasteiger partial charge in [0.1, 0.15) is 5.75 Å². The van der Waals surface area contributed by atoms with Crippen LogP contribution < -0.4 is 14.9 Å². The molecule has 0 spiro atoms. The molecular weight excluding hydrogens is 245 g/mol. The number of hydrogen-bond acceptors (Lipinski definition) is 2. The number of fused-ring (bicyclic) bond motifs is 1. The fourth-order valence-corrected chi connectivity index (χ4v) is 3.33. The highest BCUT2D eigenvalue weighted by atomic mass is 16.5. The van der Waals surface area contributed by atoms with Crippen LogP contribution >= 0.6 is 0 Å². The van der Waals surface area contributed by atoms with Gasteiger partial charge in [-0.2, -0.15) is 0 Å². The highest BCUT2D eigenvalue weighted by molar-refractivity contribution is 6.74. The Labute approximate surface area is 121 Å². The Kier molecular flexibility index (Phi) is 3.00. The number of hydrogen-bond donors (Lipinski definition) is 0. The molecule has 1 aliphatic heterocycles. The summed E-state index contributed by atoms with van der Waals surface area (Å²) in [5, 5.41) is 0. The average molecular weight is 265 g/mol. The minimum absolute atomic E-state index is 0.0216. The van der Waals surface area contributed by atoms with Crippen LogP contribution in [0.25, 0.3) is 0 Å². The highest BCUT2D eigenvalue weighted by Crippen LogP contribution is 2.37. The summed E-state index contributed by atoms with van der Waals surface area (Å²) >= 11 is 0. The molecule has 3 heteroatoms. The fourth-order valence-electron chi connectivity index (χ4n) is 3.33. The molecule has 0 amide bonds. The summed E-state index contributed by atoms with van der Waals surface area (Å²) in [6.07, 6.45) is 0. The fraction of sp³-hybridized carbons (Fsp3) is 0.294. The van der Waals surface area contributed by atoms with Gasteiger partial charge in [0.25, 0.3) is 0 Å². The van der Waals surface area contributed by atoms with Gasteiger partial charge in [0.2, 0.25) is 0 Å². The van der Waals surface area contributed by atoms with Gasteiger partial charge in [-0.25, -0.2) is 0 Å². The normalized spacial score (nSPS) is 13.4. The average Bonchev–Trinajstić information content (AvgIpc) is 2.67. The predicted molar refractivity (Wildman–Crippen MR) is 86.3 cm³/mol. The smallest absolute Gasteiger partial charge is 0.519 e. The van der Waals surface area contributed by atoms with Gasteiger partial charge in [-0.3, -0.25) is 0 Å². The lowest BCUT2D eigenvalue weighted by molar-refractivity contribution is 0.602. The van der Waals surface area contributed by atoms with Gasteiger partial charge < -0.3 is 9.47 Å². The van der Waals surface area contributed by atoms with Gasteiger partial charge in [-0.1, -0.05) is 41.0 Å². The van der Waals surface area contributed by atoms with Gasteiger partial charge in [0.05, 0.1) is 5.69 Å². The molecule has 0 atom stereocenters. The Morgan fingerprint density at radius 1 is 0.950 bits per heavy atom. The second-order valence-corrected chi connectivity index (χ2v) is 5.82. The molecule has 0 aliphatic carbocycles. The zero-order valence-electron chi connectivity index (χ0n) is 12.8. The molecule has 1 heterocycles. The predicted octanol–water partition coefficient (Wildman–Crippen LogP) is 3.14. The third kappa shape index (κ3) is 1.89. The van der Waals surface area contributed by atoms with Crippen LogP contribution in [0.15, 0.2) is 30.3 Å². The van der Waals surface area contributed by atoms with Crippen molar-refractivity contribution in [1.29, 1.82) is 0 Å². The Morgan fingerprint density at radius 2 is 1.60 bits per heavy atom. The van der Waals surface area contributed by atoms with E-state index in [0.717, 1.165) is 5.75 Å². The van der Waals surface area contributed by atoms with Crippen molar-refractivity contribution >= 4 is 18.2 Å². The van der Waals surface area contributed by atoms with Crippen molar-refractivity contribution in [2.75, 3.05) is 11.9 Å². The first-order valence-corrected chi connectivity index (χ1v) is 7.06. The molecule has 0 bridgehead atoms. The van der Waals surface area contributed by atoms with Crippen molar-refractivity contribution in [2.45, 2.75) is 27.7 Å². The van der Waals surface area contributed by atoms with E-state index < -0.39 is 0 Å². The van der Waals surface area contributed by atoms with Crippen LogP contribution in [0.4, 0.5) is 5.69 Å². The maximum Gasteiger partial charge on any atom is 0.519 e. The van der Waals surface area contributed by atoms with Crippen molar-refractivity contribution in [3.8, 4) is 5.75 Å². The quantitative estimate of drug-likeness (QED) is 0.734. The maximum atomic E-state index is 6.21. The van der Waals surface area contributed by atoms with Crippen LogP contribution in [0.1, 0.15) is 22.3 Å². The van der Waals surface area contributed by atoms with Crippen molar-refractivity contribution in [2.24, 2.45) is 0 Å². The molecule has 2 nitrogen and oxygen atoms in total. The molecule has 0 aromatic heterocycles. The lowest BCUT2D eigenvalue weighted by atomic mass is 9.67. The first-order chi connectivity index (χ1) is 9.49. The van der Waals surface area contributed by atoms with Crippen LogP contribution in [-0.4, -0.2) is 14.1 Å². The van der Waals surface area contributed by atoms with Gasteiger partial charge in [-0.05, 0) is 51.8 Å². The van der Waals surface area contributed by atoms with E-state index in [1.54, 1.807) is 0 Å². The van der Waals surface area contributed by atoms with Crippen molar-refractivity contribution < 1.29 is 4.65 Å². The van der Waals surface area contributed by atoms with Gasteiger partial charge >= 0.3 is 7.05 Å². The summed E-state index contributed by atoms with van der Waals surface area (Å²) < 4.78 is 6.21. The topological polar surface area (TPSA) is 12.5 Å². The Hall–Kier alpha value is -1.90. The van der Waals surface area contributed by atoms with E-state index in [4.69, 9.17) is 4.65 Å². The number of aryl methyl sites for hydroxylation is 4. The Balaban J connectivity index is 2.09. The number of anilines is 1. The number of para-hydroxylation sites is 1.